The van der Waals surface area contributed by atoms with Gasteiger partial charge in [-0.25, -0.2) is 0 Å². The fourth-order valence-corrected chi connectivity index (χ4v) is 19.7. The summed E-state index contributed by atoms with van der Waals surface area (Å²) in [6.07, 6.45) is -3.73. The van der Waals surface area contributed by atoms with Gasteiger partial charge < -0.3 is 119 Å². The number of nitrogens with two attached hydrogens (primary N) is 3. The molecular formula is C81H98N12O22S4. The molecule has 4 heterocycles. The predicted octanol–water partition coefficient (Wildman–Crippen LogP) is 1.67. The van der Waals surface area contributed by atoms with Crippen LogP contribution < -0.4 is 64.5 Å². The Bertz CT molecular complexity index is 4810. The van der Waals surface area contributed by atoms with Gasteiger partial charge in [-0.1, -0.05) is 116 Å². The molecule has 34 nitrogen and oxygen atoms in total. The van der Waals surface area contributed by atoms with Gasteiger partial charge in [-0.2, -0.15) is 0 Å². The zero-order chi connectivity index (χ0) is 85.7. The topological polar surface area (TPSA) is 545 Å². The Morgan fingerprint density at radius 3 is 2.16 bits per heavy atom. The highest BCUT2D eigenvalue weighted by Gasteiger charge is 2.52. The van der Waals surface area contributed by atoms with Crippen molar-refractivity contribution in [3.05, 3.63) is 165 Å². The van der Waals surface area contributed by atoms with Gasteiger partial charge in [0.15, 0.2) is 17.9 Å². The number of benzene rings is 5. The summed E-state index contributed by atoms with van der Waals surface area (Å²) in [5.74, 6) is -11.9. The number of aliphatic hydroxyl groups excluding tert-OH is 2. The number of unbranched alkanes of at least 4 members (excludes halogenated alkanes) is 1. The lowest BCUT2D eigenvalue weighted by Crippen LogP contribution is -2.63. The van der Waals surface area contributed by atoms with E-state index in [1.165, 1.54) is 73.6 Å². The molecule has 0 bridgehead atoms. The van der Waals surface area contributed by atoms with Crippen LogP contribution in [0, 0.1) is 0 Å². The number of hydrogen-bond acceptors (Lipinski definition) is 29. The van der Waals surface area contributed by atoms with Crippen molar-refractivity contribution < 1.29 is 107 Å². The van der Waals surface area contributed by atoms with Crippen LogP contribution in [0.2, 0.25) is 0 Å². The first kappa shape index (κ1) is 89.7. The molecule has 6 aromatic rings. The largest absolute Gasteiger partial charge is 0.508 e. The summed E-state index contributed by atoms with van der Waals surface area (Å²) in [5, 5.41) is 90.4. The fraction of sp³-hybridized carbons (Fsp3) is 0.444. The average molecular weight is 1720 g/mol. The number of primary amides is 1. The molecule has 3 aliphatic heterocycles. The SMILES string of the molecule is COc1cccc2c1C(=O)c1c(O)c3c(c(O)c1C2=O)C[C@@](O)(C(=O)CO)C[C@@H]3O[C@H]1C[C@@H]2NC(OCCSSC(C)(C)[C@H](NC(=O)[C@@H]3CSSC[C@H](NC(=O)[C@H](N)Cc4ccccc4)C(=O)N[C@@H](Cc4ccc(O)cc4)C(=O)N[C@H](Cc4c[nH]c5ccccc45)C(=O)N[C@@H](CCCCN)C(=O)N[C@@H]([C@@H](C)O)C(=O)N3)C(N)=O)=CO[C@@H]2[C@H](C)O1. The second kappa shape index (κ2) is 39.8. The normalized spacial score (nSPS) is 24.6. The lowest BCUT2D eigenvalue weighted by molar-refractivity contribution is -0.253. The van der Waals surface area contributed by atoms with Crippen LogP contribution in [0.4, 0.5) is 0 Å². The van der Waals surface area contributed by atoms with E-state index in [1.807, 2.05) is 12.1 Å². The number of phenols is 3. The zero-order valence-corrected chi connectivity index (χ0v) is 68.9. The molecule has 1 aromatic heterocycles. The second-order valence-electron chi connectivity index (χ2n) is 30.2. The summed E-state index contributed by atoms with van der Waals surface area (Å²) in [7, 11) is 5.56. The molecule has 2 saturated heterocycles. The smallest absolute Gasteiger partial charge is 0.245 e. The molecule has 0 saturated carbocycles. The summed E-state index contributed by atoms with van der Waals surface area (Å²) in [5.41, 5.74) is 16.7. The molecule has 2 fully saturated rings. The molecule has 2 aliphatic carbocycles. The van der Waals surface area contributed by atoms with E-state index in [4.69, 9.17) is 40.9 Å². The van der Waals surface area contributed by atoms with E-state index < -0.39 is 202 Å². The number of amides is 8. The number of aromatic hydroxyl groups is 3. The molecule has 5 aromatic carbocycles. The van der Waals surface area contributed by atoms with Gasteiger partial charge in [0.25, 0.3) is 0 Å². The van der Waals surface area contributed by atoms with Crippen molar-refractivity contribution in [2.24, 2.45) is 17.2 Å². The third-order valence-corrected chi connectivity index (χ3v) is 26.9. The first-order chi connectivity index (χ1) is 56.8. The highest BCUT2D eigenvalue weighted by atomic mass is 33.1. The summed E-state index contributed by atoms with van der Waals surface area (Å²) in [6.45, 7) is 5.25. The second-order valence-corrected chi connectivity index (χ2v) is 35.8. The van der Waals surface area contributed by atoms with Crippen LogP contribution in [0.5, 0.6) is 23.0 Å². The molecule has 15 atom stereocenters. The maximum atomic E-state index is 15.1. The number of phenolic OH excluding ortho intramolecular Hbond substituents is 3. The number of fused-ring (bicyclic) bond motifs is 5. The van der Waals surface area contributed by atoms with Gasteiger partial charge in [0.2, 0.25) is 58.9 Å². The monoisotopic (exact) mass is 1720 g/mol. The minimum atomic E-state index is -2.40. The predicted molar refractivity (Wildman–Crippen MR) is 442 cm³/mol. The number of aliphatic hydroxyl groups is 3. The number of methoxy groups -OCH3 is 1. The minimum Gasteiger partial charge on any atom is -0.508 e. The number of aromatic amines is 1. The van der Waals surface area contributed by atoms with E-state index in [1.54, 1.807) is 69.4 Å². The van der Waals surface area contributed by atoms with E-state index in [0.717, 1.165) is 32.4 Å². The van der Waals surface area contributed by atoms with E-state index in [0.29, 0.717) is 34.0 Å². The number of H-pyrrole nitrogens is 1. The highest BCUT2D eigenvalue weighted by molar-refractivity contribution is 8.77. The quantitative estimate of drug-likeness (QED) is 0.0188. The number of carbonyl (C=O) groups excluding carboxylic acids is 11. The number of aromatic nitrogens is 1. The van der Waals surface area contributed by atoms with Crippen molar-refractivity contribution in [3.63, 3.8) is 0 Å². The van der Waals surface area contributed by atoms with Gasteiger partial charge in [0.1, 0.15) is 89.9 Å². The van der Waals surface area contributed by atoms with Crippen LogP contribution in [-0.2, 0) is 87.8 Å². The number of rotatable bonds is 28. The first-order valence-electron chi connectivity index (χ1n) is 38.6. The van der Waals surface area contributed by atoms with Crippen LogP contribution in [0.25, 0.3) is 10.9 Å². The molecule has 38 heteroatoms. The van der Waals surface area contributed by atoms with Gasteiger partial charge in [-0.15, -0.1) is 0 Å². The fourth-order valence-electron chi connectivity index (χ4n) is 14.9. The minimum absolute atomic E-state index is 0.00388. The third kappa shape index (κ3) is 21.4. The Morgan fingerprint density at radius 2 is 1.45 bits per heavy atom. The molecule has 0 unspecified atom stereocenters. The van der Waals surface area contributed by atoms with Crippen LogP contribution in [0.3, 0.4) is 0 Å². The summed E-state index contributed by atoms with van der Waals surface area (Å²) in [6, 6.07) is 13.6. The van der Waals surface area contributed by atoms with Crippen LogP contribution in [-0.4, -0.2) is 234 Å². The third-order valence-electron chi connectivity index (χ3n) is 21.2. The standard InChI is InChI=1S/C81H98N12O22S4/c1-39(95)65-79(109)91-55(38-118-117-37-54(90-73(103)48(83)28-41-14-7-6-8-15-41)77(107)88-52(29-42-21-23-44(96)24-22-42)75(105)89-53(30-43-34-85-49-18-10-9-16-45(43)49)76(106)87-50(74(104)92-65)19-11-12-25-82)78(108)93-71(72(84)102)80(3,4)119-116-27-26-112-59-36-113-70-40(2)114-60(31-51(70)86-59)115-57-33-81(110,58(97)35-94)32-47-62(57)69(101)64-63(67(47)99)66(98)46-17-13-20-56(111-5)61(46)68(64)100/h6-10,13-18,20-24,34,36,39-40,48,50-55,57,60,65,70-71,85-86,94-96,99,101,110H,11-12,19,25-33,35,37-38,82-83H2,1-5H3,(H2,84,102)(H,87,106)(H,88,107)(H,89,105)(H,90,103)(H,91,109)(H,92,104)(H,93,108)/t39-,40+,48-,50+,51+,52+,53-,54+,55+,57+,60+,65+,70-,71-,81+/m1/s1. The van der Waals surface area contributed by atoms with Crippen LogP contribution in [0.1, 0.15) is 126 Å². The summed E-state index contributed by atoms with van der Waals surface area (Å²) >= 11 is 0. The number of hydrogen-bond donors (Lipinski definition) is 18. The van der Waals surface area contributed by atoms with Gasteiger partial charge in [-0.05, 0) is 101 Å². The lowest BCUT2D eigenvalue weighted by Gasteiger charge is -2.45. The van der Waals surface area contributed by atoms with Crippen molar-refractivity contribution in [2.75, 3.05) is 44.1 Å². The number of ketones is 3. The molecular weight excluding hydrogens is 1620 g/mol. The molecule has 5 aliphatic rings. The molecule has 0 radical (unpaired) electrons. The summed E-state index contributed by atoms with van der Waals surface area (Å²) < 4.78 is 29.1. The maximum Gasteiger partial charge on any atom is 0.245 e. The van der Waals surface area contributed by atoms with Crippen molar-refractivity contribution in [1.82, 2.24) is 47.5 Å². The number of para-hydroxylation sites is 1. The van der Waals surface area contributed by atoms with Crippen LogP contribution in [0.15, 0.2) is 115 Å². The first-order valence-corrected chi connectivity index (χ1v) is 43.4. The van der Waals surface area contributed by atoms with Crippen molar-refractivity contribution >= 4 is 119 Å². The lowest BCUT2D eigenvalue weighted by atomic mass is 9.72. The highest BCUT2D eigenvalue weighted by Crippen LogP contribution is 2.53. The van der Waals surface area contributed by atoms with E-state index >= 15 is 9.59 Å². The van der Waals surface area contributed by atoms with Crippen molar-refractivity contribution in [1.29, 1.82) is 0 Å². The Hall–Kier alpha value is -10.1. The number of carbonyl (C=O) groups is 11. The molecule has 0 spiro atoms. The van der Waals surface area contributed by atoms with E-state index in [9.17, 15) is 73.8 Å². The Balaban J connectivity index is 0.789. The Labute approximate surface area is 700 Å². The Kier molecular flexibility index (Phi) is 30.0. The molecule has 638 valence electrons. The molecule has 21 N–H and O–H groups in total. The van der Waals surface area contributed by atoms with Gasteiger partial charge in [0, 0.05) is 87.9 Å². The van der Waals surface area contributed by atoms with E-state index in [-0.39, 0.29) is 109 Å². The number of ether oxygens (including phenoxy) is 5. The van der Waals surface area contributed by atoms with Crippen LogP contribution >= 0.6 is 43.2 Å². The average Bonchev–Trinajstić information content (AvgIpc) is 0.998. The maximum absolute atomic E-state index is 15.1. The van der Waals surface area contributed by atoms with Gasteiger partial charge in [-0.3, -0.25) is 52.7 Å². The number of nitrogens with one attached hydrogen (secondary N) is 9. The van der Waals surface area contributed by atoms with Gasteiger partial charge >= 0.3 is 0 Å². The zero-order valence-electron chi connectivity index (χ0n) is 65.7. The number of Topliss-reactive ketones (excluding diaryl/α,β-unsaturated/α-hetero) is 1. The van der Waals surface area contributed by atoms with Crippen molar-refractivity contribution in [3.8, 4) is 23.0 Å². The Morgan fingerprint density at radius 1 is 0.773 bits per heavy atom. The summed E-state index contributed by atoms with van der Waals surface area (Å²) in [4.78, 5) is 162. The molecule has 119 heavy (non-hydrogen) atoms. The van der Waals surface area contributed by atoms with Crippen molar-refractivity contribution in [2.45, 2.75) is 181 Å². The van der Waals surface area contributed by atoms with E-state index in [2.05, 4.69) is 47.5 Å². The molecule has 11 rings (SSSR count). The molecule has 8 amide bonds. The van der Waals surface area contributed by atoms with Gasteiger partial charge in [0.05, 0.1) is 60.8 Å².